The van der Waals surface area contributed by atoms with Crippen LogP contribution in [0.4, 0.5) is 0 Å². The summed E-state index contributed by atoms with van der Waals surface area (Å²) in [7, 11) is 0. The largest absolute Gasteiger partial charge is 0.443 e. The molecular weight excluding hydrogens is 394 g/mol. The molecule has 0 bridgehead atoms. The Bertz CT molecular complexity index is 1330. The number of benzene rings is 1. The van der Waals surface area contributed by atoms with Crippen molar-refractivity contribution in [2.75, 3.05) is 13.1 Å². The molecule has 1 amide bonds. The lowest BCUT2D eigenvalue weighted by atomic mass is 10.1. The van der Waals surface area contributed by atoms with E-state index in [1.54, 1.807) is 20.2 Å². The number of pyridine rings is 1. The molecule has 0 saturated carbocycles. The van der Waals surface area contributed by atoms with Gasteiger partial charge in [0.2, 0.25) is 0 Å². The van der Waals surface area contributed by atoms with Crippen LogP contribution in [0.1, 0.15) is 35.4 Å². The Morgan fingerprint density at radius 1 is 1.23 bits per heavy atom. The van der Waals surface area contributed by atoms with Crippen molar-refractivity contribution in [1.29, 1.82) is 0 Å². The standard InChI is InChI=1S/C23H23N5O3/c1-3-27-18-8-5-10-24-21(18)28(23(27)30)17-9-11-26(13-17)22(29)19-20(31-14-25-19)16-7-4-6-15(2)12-16/h4-8,10,12,14,17H,3,9,11,13H2,1-2H3/t17-/m1/s1. The van der Waals surface area contributed by atoms with Crippen molar-refractivity contribution in [3.05, 3.63) is 70.7 Å². The zero-order valence-corrected chi connectivity index (χ0v) is 17.5. The number of fused-ring (bicyclic) bond motifs is 1. The Morgan fingerprint density at radius 2 is 2.10 bits per heavy atom. The first kappa shape index (κ1) is 19.3. The Kier molecular flexibility index (Phi) is 4.69. The molecule has 158 valence electrons. The summed E-state index contributed by atoms with van der Waals surface area (Å²) in [6.07, 6.45) is 3.68. The second kappa shape index (κ2) is 7.54. The number of amides is 1. The minimum absolute atomic E-state index is 0.0858. The molecule has 1 atom stereocenters. The predicted molar refractivity (Wildman–Crippen MR) is 116 cm³/mol. The Hall–Kier alpha value is -3.68. The second-order valence-corrected chi connectivity index (χ2v) is 7.84. The molecule has 31 heavy (non-hydrogen) atoms. The summed E-state index contributed by atoms with van der Waals surface area (Å²) < 4.78 is 9.02. The maximum atomic E-state index is 13.3. The van der Waals surface area contributed by atoms with E-state index in [1.807, 2.05) is 50.2 Å². The molecule has 1 aliphatic heterocycles. The van der Waals surface area contributed by atoms with Crippen LogP contribution in [0.2, 0.25) is 0 Å². The molecule has 4 aromatic rings. The fourth-order valence-corrected chi connectivity index (χ4v) is 4.42. The molecule has 8 heteroatoms. The van der Waals surface area contributed by atoms with Gasteiger partial charge in [0.15, 0.2) is 23.5 Å². The normalized spacial score (nSPS) is 16.3. The van der Waals surface area contributed by atoms with Crippen LogP contribution in [0, 0.1) is 6.92 Å². The third-order valence-corrected chi connectivity index (χ3v) is 5.90. The monoisotopic (exact) mass is 417 g/mol. The van der Waals surface area contributed by atoms with Gasteiger partial charge in [0, 0.05) is 31.4 Å². The summed E-state index contributed by atoms with van der Waals surface area (Å²) in [5, 5.41) is 0. The molecule has 1 aromatic carbocycles. The van der Waals surface area contributed by atoms with Crippen LogP contribution in [-0.2, 0) is 6.54 Å². The number of nitrogens with zero attached hydrogens (tertiary/aromatic N) is 5. The Balaban J connectivity index is 1.45. The van der Waals surface area contributed by atoms with E-state index in [2.05, 4.69) is 9.97 Å². The average molecular weight is 417 g/mol. The zero-order valence-electron chi connectivity index (χ0n) is 17.5. The first-order valence-corrected chi connectivity index (χ1v) is 10.4. The van der Waals surface area contributed by atoms with E-state index in [1.165, 1.54) is 6.39 Å². The van der Waals surface area contributed by atoms with E-state index in [0.717, 1.165) is 16.6 Å². The highest BCUT2D eigenvalue weighted by Gasteiger charge is 2.33. The number of rotatable bonds is 4. The molecular formula is C23H23N5O3. The molecule has 0 N–H and O–H groups in total. The quantitative estimate of drug-likeness (QED) is 0.509. The topological polar surface area (TPSA) is 86.2 Å². The van der Waals surface area contributed by atoms with Gasteiger partial charge in [-0.25, -0.2) is 14.8 Å². The van der Waals surface area contributed by atoms with E-state index in [0.29, 0.717) is 43.2 Å². The summed E-state index contributed by atoms with van der Waals surface area (Å²) in [5.74, 6) is 0.284. The van der Waals surface area contributed by atoms with Crippen LogP contribution in [-0.4, -0.2) is 43.0 Å². The first-order valence-electron chi connectivity index (χ1n) is 10.4. The number of aromatic nitrogens is 4. The Labute approximate surface area is 178 Å². The summed E-state index contributed by atoms with van der Waals surface area (Å²) in [6.45, 7) is 5.48. The van der Waals surface area contributed by atoms with Crippen LogP contribution >= 0.6 is 0 Å². The lowest BCUT2D eigenvalue weighted by molar-refractivity contribution is 0.0783. The molecule has 1 saturated heterocycles. The summed E-state index contributed by atoms with van der Waals surface area (Å²) in [5.41, 5.74) is 3.59. The van der Waals surface area contributed by atoms with Gasteiger partial charge < -0.3 is 9.32 Å². The van der Waals surface area contributed by atoms with Gasteiger partial charge in [-0.05, 0) is 38.5 Å². The predicted octanol–water partition coefficient (Wildman–Crippen LogP) is 3.27. The number of aryl methyl sites for hydroxylation is 2. The molecule has 3 aromatic heterocycles. The molecule has 8 nitrogen and oxygen atoms in total. The van der Waals surface area contributed by atoms with Crippen LogP contribution in [0.15, 0.2) is 58.2 Å². The van der Waals surface area contributed by atoms with Crippen molar-refractivity contribution in [2.45, 2.75) is 32.9 Å². The average Bonchev–Trinajstić information content (AvgIpc) is 3.50. The van der Waals surface area contributed by atoms with E-state index in [9.17, 15) is 9.59 Å². The third kappa shape index (κ3) is 3.15. The third-order valence-electron chi connectivity index (χ3n) is 5.90. The molecule has 5 rings (SSSR count). The SMILES string of the molecule is CCn1c(=O)n([C@@H]2CCN(C(=O)c3ncoc3-c3cccc(C)c3)C2)c2ncccc21. The summed E-state index contributed by atoms with van der Waals surface area (Å²) >= 11 is 0. The molecule has 0 radical (unpaired) electrons. The number of oxazole rings is 1. The van der Waals surface area contributed by atoms with Crippen molar-refractivity contribution < 1.29 is 9.21 Å². The number of hydrogen-bond acceptors (Lipinski definition) is 5. The molecule has 1 fully saturated rings. The van der Waals surface area contributed by atoms with Crippen LogP contribution < -0.4 is 5.69 Å². The van der Waals surface area contributed by atoms with Gasteiger partial charge in [0.1, 0.15) is 0 Å². The van der Waals surface area contributed by atoms with Gasteiger partial charge in [-0.1, -0.05) is 23.8 Å². The number of carbonyl (C=O) groups is 1. The maximum absolute atomic E-state index is 13.3. The highest BCUT2D eigenvalue weighted by molar-refractivity contribution is 5.97. The van der Waals surface area contributed by atoms with Crippen LogP contribution in [0.25, 0.3) is 22.5 Å². The van der Waals surface area contributed by atoms with Crippen molar-refractivity contribution in [3.8, 4) is 11.3 Å². The van der Waals surface area contributed by atoms with Gasteiger partial charge in [-0.15, -0.1) is 0 Å². The molecule has 4 heterocycles. The lowest BCUT2D eigenvalue weighted by Gasteiger charge is -2.16. The number of carbonyl (C=O) groups excluding carboxylic acids is 1. The molecule has 0 spiro atoms. The van der Waals surface area contributed by atoms with Gasteiger partial charge in [-0.3, -0.25) is 13.9 Å². The molecule has 0 unspecified atom stereocenters. The van der Waals surface area contributed by atoms with Crippen molar-refractivity contribution in [1.82, 2.24) is 24.0 Å². The minimum Gasteiger partial charge on any atom is -0.443 e. The van der Waals surface area contributed by atoms with Crippen molar-refractivity contribution in [3.63, 3.8) is 0 Å². The number of likely N-dealkylation sites (tertiary alicyclic amines) is 1. The highest BCUT2D eigenvalue weighted by atomic mass is 16.3. The smallest absolute Gasteiger partial charge is 0.330 e. The van der Waals surface area contributed by atoms with Gasteiger partial charge in [0.25, 0.3) is 5.91 Å². The van der Waals surface area contributed by atoms with Crippen molar-refractivity contribution >= 4 is 17.1 Å². The zero-order chi connectivity index (χ0) is 21.5. The fraction of sp³-hybridized carbons (Fsp3) is 0.304. The summed E-state index contributed by atoms with van der Waals surface area (Å²) in [6, 6.07) is 11.4. The second-order valence-electron chi connectivity index (χ2n) is 7.84. The lowest BCUT2D eigenvalue weighted by Crippen LogP contribution is -2.32. The molecule has 0 aliphatic carbocycles. The van der Waals surface area contributed by atoms with Crippen LogP contribution in [0.3, 0.4) is 0 Å². The first-order chi connectivity index (χ1) is 15.1. The van der Waals surface area contributed by atoms with Crippen LogP contribution in [0.5, 0.6) is 0 Å². The maximum Gasteiger partial charge on any atom is 0.330 e. The molecule has 1 aliphatic rings. The van der Waals surface area contributed by atoms with Crippen molar-refractivity contribution in [2.24, 2.45) is 0 Å². The van der Waals surface area contributed by atoms with E-state index in [-0.39, 0.29) is 17.6 Å². The van der Waals surface area contributed by atoms with E-state index < -0.39 is 0 Å². The Morgan fingerprint density at radius 3 is 2.90 bits per heavy atom. The van der Waals surface area contributed by atoms with Gasteiger partial charge in [-0.2, -0.15) is 0 Å². The number of hydrogen-bond donors (Lipinski definition) is 0. The van der Waals surface area contributed by atoms with E-state index >= 15 is 0 Å². The minimum atomic E-state index is -0.187. The van der Waals surface area contributed by atoms with Gasteiger partial charge >= 0.3 is 5.69 Å². The fourth-order valence-electron chi connectivity index (χ4n) is 4.42. The van der Waals surface area contributed by atoms with Gasteiger partial charge in [0.05, 0.1) is 11.6 Å². The van der Waals surface area contributed by atoms with E-state index in [4.69, 9.17) is 4.42 Å². The summed E-state index contributed by atoms with van der Waals surface area (Å²) in [4.78, 5) is 36.7. The highest BCUT2D eigenvalue weighted by Crippen LogP contribution is 2.29. The number of imidazole rings is 1.